The number of hydrogen-bond acceptors (Lipinski definition) is 10. The van der Waals surface area contributed by atoms with Crippen molar-refractivity contribution in [2.75, 3.05) is 18.8 Å². The third-order valence-electron chi connectivity index (χ3n) is 5.50. The first-order chi connectivity index (χ1) is 15.7. The highest BCUT2D eigenvalue weighted by atomic mass is 32.2. The summed E-state index contributed by atoms with van der Waals surface area (Å²) in [5.74, 6) is 0.137. The van der Waals surface area contributed by atoms with Crippen molar-refractivity contribution in [3.05, 3.63) is 42.5 Å². The molecule has 0 atom stereocenters. The van der Waals surface area contributed by atoms with E-state index in [9.17, 15) is 16.8 Å². The molecule has 1 saturated heterocycles. The second kappa shape index (κ2) is 7.55. The van der Waals surface area contributed by atoms with Gasteiger partial charge < -0.3 is 11.1 Å². The number of primary sulfonamides is 1. The quantitative estimate of drug-likeness (QED) is 0.299. The van der Waals surface area contributed by atoms with Crippen LogP contribution in [0.15, 0.2) is 52.3 Å². The number of fused-ring (bicyclic) bond motifs is 1. The number of para-hydroxylation sites is 1. The summed E-state index contributed by atoms with van der Waals surface area (Å²) < 4.78 is 52.2. The number of aromatic amines is 1. The first-order valence-corrected chi connectivity index (χ1v) is 12.8. The van der Waals surface area contributed by atoms with Gasteiger partial charge in [-0.05, 0) is 29.0 Å². The summed E-state index contributed by atoms with van der Waals surface area (Å²) in [7, 11) is -8.57. The minimum Gasteiger partial charge on any atom is -0.384 e. The number of hydrogen-bond donors (Lipinski definition) is 4. The molecule has 0 amide bonds. The summed E-state index contributed by atoms with van der Waals surface area (Å²) in [4.78, 5) is 3.40. The van der Waals surface area contributed by atoms with Crippen LogP contribution in [0, 0.1) is 0 Å². The molecule has 5 rings (SSSR count). The Morgan fingerprint density at radius 3 is 2.39 bits per heavy atom. The number of nitrogens with zero attached hydrogens (tertiary/aromatic N) is 4. The third kappa shape index (κ3) is 3.52. The van der Waals surface area contributed by atoms with Crippen LogP contribution >= 0.6 is 0 Å². The summed E-state index contributed by atoms with van der Waals surface area (Å²) in [5.41, 5.74) is 7.10. The molecular weight excluding hydrogens is 468 g/mol. The lowest BCUT2D eigenvalue weighted by Crippen LogP contribution is -2.51. The molecule has 1 fully saturated rings. The zero-order valence-electron chi connectivity index (χ0n) is 16.9. The van der Waals surface area contributed by atoms with Gasteiger partial charge >= 0.3 is 0 Å². The fourth-order valence-corrected chi connectivity index (χ4v) is 7.01. The number of H-pyrrole nitrogens is 1. The summed E-state index contributed by atoms with van der Waals surface area (Å²) in [6, 6.07) is 11.5. The topological polar surface area (TPSA) is 200 Å². The van der Waals surface area contributed by atoms with E-state index in [0.717, 1.165) is 5.39 Å². The molecule has 14 heteroatoms. The van der Waals surface area contributed by atoms with E-state index in [1.807, 2.05) is 6.07 Å². The highest BCUT2D eigenvalue weighted by Gasteiger charge is 2.38. The number of aromatic nitrogens is 5. The molecule has 2 aromatic carbocycles. The van der Waals surface area contributed by atoms with E-state index < -0.39 is 34.9 Å². The fraction of sp³-hybridized carbons (Fsp3) is 0.158. The highest BCUT2D eigenvalue weighted by Crippen LogP contribution is 2.41. The Hall–Kier alpha value is -3.46. The lowest BCUT2D eigenvalue weighted by atomic mass is 9.96. The third-order valence-corrected chi connectivity index (χ3v) is 8.78. The second-order valence-corrected chi connectivity index (χ2v) is 11.2. The number of nitrogens with two attached hydrogens (primary N) is 2. The molecule has 0 aliphatic carbocycles. The van der Waals surface area contributed by atoms with Gasteiger partial charge in [0.2, 0.25) is 15.8 Å². The van der Waals surface area contributed by atoms with Crippen molar-refractivity contribution in [2.45, 2.75) is 15.0 Å². The molecular formula is C19H18N8O4S2. The molecule has 170 valence electrons. The van der Waals surface area contributed by atoms with Crippen molar-refractivity contribution in [2.24, 2.45) is 5.14 Å². The van der Waals surface area contributed by atoms with Crippen molar-refractivity contribution < 1.29 is 16.8 Å². The Kier molecular flexibility index (Phi) is 4.89. The second-order valence-electron chi connectivity index (χ2n) is 7.53. The van der Waals surface area contributed by atoms with E-state index in [1.165, 1.54) is 12.1 Å². The number of pyridine rings is 1. The molecule has 0 radical (unpaired) electrons. The molecule has 3 heterocycles. The number of sulfone groups is 1. The molecule has 6 N–H and O–H groups in total. The molecule has 1 aliphatic heterocycles. The largest absolute Gasteiger partial charge is 0.384 e. The van der Waals surface area contributed by atoms with Crippen LogP contribution in [-0.2, 0) is 19.9 Å². The van der Waals surface area contributed by atoms with Gasteiger partial charge in [0.05, 0.1) is 21.2 Å². The van der Waals surface area contributed by atoms with E-state index in [4.69, 9.17) is 10.9 Å². The van der Waals surface area contributed by atoms with Crippen LogP contribution in [0.1, 0.15) is 0 Å². The first-order valence-electron chi connectivity index (χ1n) is 9.72. The highest BCUT2D eigenvalue weighted by molar-refractivity contribution is 7.94. The number of nitrogens with one attached hydrogen (secondary N) is 2. The molecule has 4 aromatic rings. The summed E-state index contributed by atoms with van der Waals surface area (Å²) in [6.07, 6.45) is 0. The molecule has 0 unspecified atom stereocenters. The van der Waals surface area contributed by atoms with E-state index in [1.54, 1.807) is 24.3 Å². The molecule has 0 saturated carbocycles. The van der Waals surface area contributed by atoms with E-state index >= 15 is 0 Å². The minimum atomic E-state index is -4.55. The summed E-state index contributed by atoms with van der Waals surface area (Å²) in [6.45, 7) is 0.413. The van der Waals surface area contributed by atoms with Crippen LogP contribution in [0.5, 0.6) is 0 Å². The Morgan fingerprint density at radius 2 is 1.76 bits per heavy atom. The number of rotatable bonds is 5. The molecule has 2 aromatic heterocycles. The zero-order chi connectivity index (χ0) is 23.4. The van der Waals surface area contributed by atoms with Crippen molar-refractivity contribution in [1.82, 2.24) is 30.9 Å². The van der Waals surface area contributed by atoms with Crippen molar-refractivity contribution in [3.63, 3.8) is 0 Å². The maximum absolute atomic E-state index is 13.3. The van der Waals surface area contributed by atoms with E-state index in [2.05, 4.69) is 30.9 Å². The molecule has 0 bridgehead atoms. The van der Waals surface area contributed by atoms with Crippen molar-refractivity contribution in [1.29, 1.82) is 0 Å². The Labute approximate surface area is 188 Å². The van der Waals surface area contributed by atoms with Gasteiger partial charge in [0.1, 0.15) is 10.7 Å². The van der Waals surface area contributed by atoms with Gasteiger partial charge in [0.25, 0.3) is 0 Å². The van der Waals surface area contributed by atoms with E-state index in [-0.39, 0.29) is 30.3 Å². The van der Waals surface area contributed by atoms with Crippen LogP contribution in [0.4, 0.5) is 5.82 Å². The number of anilines is 1. The van der Waals surface area contributed by atoms with Gasteiger partial charge in [0, 0.05) is 24.0 Å². The van der Waals surface area contributed by atoms with Gasteiger partial charge in [-0.1, -0.05) is 24.3 Å². The van der Waals surface area contributed by atoms with Gasteiger partial charge in [-0.3, -0.25) is 0 Å². The molecule has 1 aliphatic rings. The Bertz CT molecular complexity index is 1600. The van der Waals surface area contributed by atoms with Crippen molar-refractivity contribution in [3.8, 4) is 22.5 Å². The van der Waals surface area contributed by atoms with Crippen LogP contribution in [-0.4, -0.2) is 60.8 Å². The number of sulfonamides is 1. The van der Waals surface area contributed by atoms with Crippen LogP contribution < -0.4 is 16.2 Å². The van der Waals surface area contributed by atoms with Crippen LogP contribution in [0.25, 0.3) is 33.4 Å². The summed E-state index contributed by atoms with van der Waals surface area (Å²) >= 11 is 0. The number of tetrazole rings is 1. The Balaban J connectivity index is 1.92. The normalized spacial score (nSPS) is 14.9. The minimum absolute atomic E-state index is 0.0867. The molecule has 12 nitrogen and oxygen atoms in total. The van der Waals surface area contributed by atoms with Crippen LogP contribution in [0.2, 0.25) is 0 Å². The standard InChI is InChI=1S/C19H18N8O4S2/c20-15-7-4-10-2-1-3-13(17(10)23-15)12-5-6-14(32(28,29)11-8-22-9-11)18(33(21,30)31)16(12)19-24-26-27-25-19/h1-7,11,22H,8-9H2,(H2,20,23)(H2,21,30,31)(H,24,25,26,27). The summed E-state index contributed by atoms with van der Waals surface area (Å²) in [5, 5.41) is 22.1. The van der Waals surface area contributed by atoms with Gasteiger partial charge in [0.15, 0.2) is 9.84 Å². The molecule has 33 heavy (non-hydrogen) atoms. The number of nitrogen functional groups attached to an aromatic ring is 1. The van der Waals surface area contributed by atoms with Gasteiger partial charge in [-0.15, -0.1) is 10.2 Å². The predicted octanol–water partition coefficient (Wildman–Crippen LogP) is 0.0570. The fourth-order valence-electron chi connectivity index (χ4n) is 3.82. The predicted molar refractivity (Wildman–Crippen MR) is 120 cm³/mol. The monoisotopic (exact) mass is 486 g/mol. The average Bonchev–Trinajstić information content (AvgIpc) is 3.24. The maximum atomic E-state index is 13.3. The van der Waals surface area contributed by atoms with Gasteiger partial charge in [-0.2, -0.15) is 5.21 Å². The maximum Gasteiger partial charge on any atom is 0.240 e. The van der Waals surface area contributed by atoms with Crippen LogP contribution in [0.3, 0.4) is 0 Å². The smallest absolute Gasteiger partial charge is 0.240 e. The lowest BCUT2D eigenvalue weighted by molar-refractivity contribution is 0.493. The average molecular weight is 487 g/mol. The molecule has 0 spiro atoms. The zero-order valence-corrected chi connectivity index (χ0v) is 18.6. The van der Waals surface area contributed by atoms with E-state index in [0.29, 0.717) is 16.6 Å². The first kappa shape index (κ1) is 21.4. The van der Waals surface area contributed by atoms with Gasteiger partial charge in [-0.25, -0.2) is 27.0 Å². The number of benzene rings is 2. The lowest BCUT2D eigenvalue weighted by Gasteiger charge is -2.28. The SMILES string of the molecule is Nc1ccc2cccc(-c3ccc(S(=O)(=O)C4CNC4)c(S(N)(=O)=O)c3-c3nn[nH]n3)c2n1. The van der Waals surface area contributed by atoms with Crippen molar-refractivity contribution >= 4 is 36.6 Å². The Morgan fingerprint density at radius 1 is 0.970 bits per heavy atom.